The van der Waals surface area contributed by atoms with Crippen molar-refractivity contribution in [1.29, 1.82) is 0 Å². The number of anilines is 1. The molecule has 2 heterocycles. The number of hydrogen-bond donors (Lipinski definition) is 2. The maximum atomic E-state index is 13.1. The first-order valence-electron chi connectivity index (χ1n) is 7.03. The van der Waals surface area contributed by atoms with Gasteiger partial charge in [-0.1, -0.05) is 19.8 Å². The van der Waals surface area contributed by atoms with Gasteiger partial charge in [0.15, 0.2) is 10.8 Å². The Morgan fingerprint density at radius 1 is 1.52 bits per heavy atom. The van der Waals surface area contributed by atoms with E-state index in [2.05, 4.69) is 10.4 Å². The van der Waals surface area contributed by atoms with Gasteiger partial charge in [-0.2, -0.15) is 9.29 Å². The number of nitrogens with one attached hydrogen (secondary N) is 1. The van der Waals surface area contributed by atoms with Crippen LogP contribution in [0.3, 0.4) is 0 Å². The first-order chi connectivity index (χ1) is 10.1. The molecule has 0 atom stereocenters. The van der Waals surface area contributed by atoms with Gasteiger partial charge in [-0.05, 0) is 12.8 Å². The lowest BCUT2D eigenvalue weighted by molar-refractivity contribution is 0.334. The van der Waals surface area contributed by atoms with Crippen molar-refractivity contribution in [3.63, 3.8) is 0 Å². The molecule has 0 saturated heterocycles. The summed E-state index contributed by atoms with van der Waals surface area (Å²) < 4.78 is 29.3. The number of hydrogen-bond acceptors (Lipinski definition) is 6. The predicted octanol–water partition coefficient (Wildman–Crippen LogP) is 1.63. The molecule has 3 N–H and O–H groups in total. The van der Waals surface area contributed by atoms with Crippen molar-refractivity contribution >= 4 is 32.1 Å². The Morgan fingerprint density at radius 3 is 2.86 bits per heavy atom. The molecule has 0 radical (unpaired) electrons. The van der Waals surface area contributed by atoms with Crippen LogP contribution in [0.5, 0.6) is 0 Å². The monoisotopic (exact) mass is 329 g/mol. The largest absolute Gasteiger partial charge is 0.306 e. The molecule has 0 bridgehead atoms. The normalized spacial score (nSPS) is 17.1. The van der Waals surface area contributed by atoms with Crippen molar-refractivity contribution < 1.29 is 8.42 Å². The Balaban J connectivity index is 2.11. The molecular weight excluding hydrogens is 310 g/mol. The van der Waals surface area contributed by atoms with E-state index < -0.39 is 10.0 Å². The zero-order chi connectivity index (χ0) is 15.0. The Hall–Kier alpha value is -1.16. The molecule has 0 spiro atoms. The lowest BCUT2D eigenvalue weighted by atomic mass is 10.2. The molecule has 2 aromatic rings. The van der Waals surface area contributed by atoms with Crippen molar-refractivity contribution in [1.82, 2.24) is 13.7 Å². The van der Waals surface area contributed by atoms with Gasteiger partial charge < -0.3 is 5.43 Å². The summed E-state index contributed by atoms with van der Waals surface area (Å²) in [6.07, 6.45) is 5.72. The third kappa shape index (κ3) is 2.33. The van der Waals surface area contributed by atoms with E-state index in [1.54, 1.807) is 14.9 Å². The number of nitrogens with two attached hydrogens (primary N) is 1. The summed E-state index contributed by atoms with van der Waals surface area (Å²) in [7, 11) is -3.63. The van der Waals surface area contributed by atoms with Gasteiger partial charge in [-0.3, -0.25) is 4.40 Å². The van der Waals surface area contributed by atoms with Gasteiger partial charge in [0, 0.05) is 24.2 Å². The van der Waals surface area contributed by atoms with E-state index >= 15 is 0 Å². The van der Waals surface area contributed by atoms with Crippen LogP contribution in [0.2, 0.25) is 0 Å². The Morgan fingerprint density at radius 2 is 2.24 bits per heavy atom. The highest BCUT2D eigenvalue weighted by molar-refractivity contribution is 7.89. The zero-order valence-corrected chi connectivity index (χ0v) is 13.5. The van der Waals surface area contributed by atoms with Crippen LogP contribution in [-0.2, 0) is 10.0 Å². The fourth-order valence-corrected chi connectivity index (χ4v) is 5.72. The molecule has 0 unspecified atom stereocenters. The fourth-order valence-electron chi connectivity index (χ4n) is 3.03. The second-order valence-electron chi connectivity index (χ2n) is 5.11. The highest BCUT2D eigenvalue weighted by Gasteiger charge is 2.36. The van der Waals surface area contributed by atoms with E-state index in [0.717, 1.165) is 25.7 Å². The highest BCUT2D eigenvalue weighted by atomic mass is 32.2. The molecule has 21 heavy (non-hydrogen) atoms. The average molecular weight is 329 g/mol. The summed E-state index contributed by atoms with van der Waals surface area (Å²) in [5.74, 6) is 5.67. The van der Waals surface area contributed by atoms with E-state index in [0.29, 0.717) is 11.5 Å². The Labute approximate surface area is 127 Å². The molecule has 3 rings (SSSR count). The van der Waals surface area contributed by atoms with Crippen LogP contribution < -0.4 is 11.3 Å². The van der Waals surface area contributed by atoms with Crippen LogP contribution in [0.1, 0.15) is 32.6 Å². The number of fused-ring (bicyclic) bond motifs is 1. The van der Waals surface area contributed by atoms with Gasteiger partial charge in [-0.15, -0.1) is 11.3 Å². The Kier molecular flexibility index (Phi) is 3.91. The average Bonchev–Trinajstić information content (AvgIpc) is 3.14. The summed E-state index contributed by atoms with van der Waals surface area (Å²) in [5.41, 5.74) is 2.42. The molecule has 1 fully saturated rings. The number of nitrogens with zero attached hydrogens (tertiary/aromatic N) is 3. The smallest absolute Gasteiger partial charge is 0.263 e. The van der Waals surface area contributed by atoms with Crippen LogP contribution in [0.25, 0.3) is 4.96 Å². The molecule has 1 saturated carbocycles. The van der Waals surface area contributed by atoms with Crippen LogP contribution in [-0.4, -0.2) is 34.7 Å². The minimum atomic E-state index is -3.63. The van der Waals surface area contributed by atoms with E-state index in [-0.39, 0.29) is 16.9 Å². The molecule has 0 aromatic carbocycles. The quantitative estimate of drug-likeness (QED) is 0.642. The molecule has 7 nitrogen and oxygen atoms in total. The second-order valence-corrected chi connectivity index (χ2v) is 7.79. The third-order valence-electron chi connectivity index (χ3n) is 3.95. The number of rotatable bonds is 5. The summed E-state index contributed by atoms with van der Waals surface area (Å²) in [6, 6.07) is 0.0785. The van der Waals surface area contributed by atoms with Gasteiger partial charge in [0.25, 0.3) is 10.0 Å². The lowest BCUT2D eigenvalue weighted by Crippen LogP contribution is -2.39. The SMILES string of the molecule is CCN(C1CCCC1)S(=O)(=O)c1c(NN)nc2sccn12. The Bertz CT molecular complexity index is 730. The van der Waals surface area contributed by atoms with Gasteiger partial charge in [0.2, 0.25) is 5.03 Å². The standard InChI is InChI=1S/C12H19N5O2S2/c1-2-17(9-5-3-4-6-9)21(18,19)11-10(15-13)14-12-16(11)7-8-20-12/h7-9,15H,2-6,13H2,1H3. The van der Waals surface area contributed by atoms with Gasteiger partial charge in [-0.25, -0.2) is 14.3 Å². The maximum Gasteiger partial charge on any atom is 0.263 e. The molecule has 116 valence electrons. The first-order valence-corrected chi connectivity index (χ1v) is 9.35. The minimum Gasteiger partial charge on any atom is -0.306 e. The van der Waals surface area contributed by atoms with Crippen molar-refractivity contribution in [2.45, 2.75) is 43.7 Å². The van der Waals surface area contributed by atoms with E-state index in [1.807, 2.05) is 12.3 Å². The van der Waals surface area contributed by atoms with Gasteiger partial charge >= 0.3 is 0 Å². The van der Waals surface area contributed by atoms with E-state index in [4.69, 9.17) is 5.84 Å². The zero-order valence-electron chi connectivity index (χ0n) is 11.8. The van der Waals surface area contributed by atoms with Gasteiger partial charge in [0.1, 0.15) is 0 Å². The number of imidazole rings is 1. The minimum absolute atomic E-state index is 0.0785. The van der Waals surface area contributed by atoms with Crippen LogP contribution in [0.15, 0.2) is 16.6 Å². The number of aromatic nitrogens is 2. The molecule has 9 heteroatoms. The van der Waals surface area contributed by atoms with Crippen LogP contribution >= 0.6 is 11.3 Å². The molecule has 1 aliphatic carbocycles. The summed E-state index contributed by atoms with van der Waals surface area (Å²) in [5, 5.41) is 1.95. The summed E-state index contributed by atoms with van der Waals surface area (Å²) in [4.78, 5) is 4.86. The first kappa shape index (κ1) is 14.8. The van der Waals surface area contributed by atoms with Crippen LogP contribution in [0.4, 0.5) is 5.82 Å². The number of sulfonamides is 1. The number of thiazole rings is 1. The predicted molar refractivity (Wildman–Crippen MR) is 82.7 cm³/mol. The van der Waals surface area contributed by atoms with Crippen molar-refractivity contribution in [2.24, 2.45) is 5.84 Å². The molecule has 1 aliphatic rings. The molecule has 0 amide bonds. The molecular formula is C12H19N5O2S2. The fraction of sp³-hybridized carbons (Fsp3) is 0.583. The van der Waals surface area contributed by atoms with Crippen molar-refractivity contribution in [3.05, 3.63) is 11.6 Å². The maximum absolute atomic E-state index is 13.1. The number of nitrogen functional groups attached to an aromatic ring is 1. The highest BCUT2D eigenvalue weighted by Crippen LogP contribution is 2.32. The van der Waals surface area contributed by atoms with Gasteiger partial charge in [0.05, 0.1) is 0 Å². The molecule has 2 aromatic heterocycles. The topological polar surface area (TPSA) is 92.7 Å². The van der Waals surface area contributed by atoms with Crippen molar-refractivity contribution in [2.75, 3.05) is 12.0 Å². The van der Waals surface area contributed by atoms with E-state index in [1.165, 1.54) is 11.3 Å². The molecule has 0 aliphatic heterocycles. The summed E-state index contributed by atoms with van der Waals surface area (Å²) in [6.45, 7) is 2.33. The second kappa shape index (κ2) is 5.56. The number of hydrazine groups is 1. The van der Waals surface area contributed by atoms with Crippen molar-refractivity contribution in [3.8, 4) is 0 Å². The van der Waals surface area contributed by atoms with E-state index in [9.17, 15) is 8.42 Å². The van der Waals surface area contributed by atoms with Crippen LogP contribution in [0, 0.1) is 0 Å². The lowest BCUT2D eigenvalue weighted by Gasteiger charge is -2.26. The third-order valence-corrected chi connectivity index (χ3v) is 6.76. The summed E-state index contributed by atoms with van der Waals surface area (Å²) >= 11 is 1.38.